The van der Waals surface area contributed by atoms with Gasteiger partial charge in [0.25, 0.3) is 0 Å². The summed E-state index contributed by atoms with van der Waals surface area (Å²) in [5, 5.41) is 0. The first kappa shape index (κ1) is 9.92. The SMILES string of the molecule is COc1c(F)cc([C@H](C)N)cc1F. The van der Waals surface area contributed by atoms with Crippen LogP contribution < -0.4 is 10.5 Å². The van der Waals surface area contributed by atoms with Crippen LogP contribution in [0.25, 0.3) is 0 Å². The molecule has 0 saturated carbocycles. The number of hydrogen-bond donors (Lipinski definition) is 1. The van der Waals surface area contributed by atoms with Gasteiger partial charge >= 0.3 is 0 Å². The second-order valence-corrected chi connectivity index (χ2v) is 2.81. The maximum atomic E-state index is 13.1. The van der Waals surface area contributed by atoms with Crippen molar-refractivity contribution in [2.45, 2.75) is 13.0 Å². The van der Waals surface area contributed by atoms with E-state index in [1.807, 2.05) is 0 Å². The number of ether oxygens (including phenoxy) is 1. The van der Waals surface area contributed by atoms with Crippen LogP contribution in [-0.2, 0) is 0 Å². The average molecular weight is 187 g/mol. The zero-order valence-corrected chi connectivity index (χ0v) is 7.47. The molecule has 1 aromatic rings. The van der Waals surface area contributed by atoms with Crippen LogP contribution in [0.3, 0.4) is 0 Å². The first-order valence-corrected chi connectivity index (χ1v) is 3.84. The van der Waals surface area contributed by atoms with E-state index < -0.39 is 17.7 Å². The molecule has 0 aliphatic heterocycles. The normalized spacial score (nSPS) is 12.7. The van der Waals surface area contributed by atoms with Crippen LogP contribution in [0.2, 0.25) is 0 Å². The van der Waals surface area contributed by atoms with Crippen molar-refractivity contribution in [1.82, 2.24) is 0 Å². The first-order valence-electron chi connectivity index (χ1n) is 3.84. The summed E-state index contributed by atoms with van der Waals surface area (Å²) in [4.78, 5) is 0. The lowest BCUT2D eigenvalue weighted by atomic mass is 10.1. The fourth-order valence-electron chi connectivity index (χ4n) is 1.04. The Bertz CT molecular complexity index is 289. The molecule has 0 heterocycles. The average Bonchev–Trinajstić information content (AvgIpc) is 2.03. The van der Waals surface area contributed by atoms with E-state index in [2.05, 4.69) is 4.74 Å². The van der Waals surface area contributed by atoms with Crippen LogP contribution >= 0.6 is 0 Å². The Balaban J connectivity index is 3.20. The van der Waals surface area contributed by atoms with Gasteiger partial charge in [0, 0.05) is 6.04 Å². The monoisotopic (exact) mass is 187 g/mol. The lowest BCUT2D eigenvalue weighted by molar-refractivity contribution is 0.359. The quantitative estimate of drug-likeness (QED) is 0.768. The molecule has 0 amide bonds. The third-order valence-corrected chi connectivity index (χ3v) is 1.75. The lowest BCUT2D eigenvalue weighted by Crippen LogP contribution is -2.06. The Morgan fingerprint density at radius 1 is 1.31 bits per heavy atom. The summed E-state index contributed by atoms with van der Waals surface area (Å²) in [6, 6.07) is 1.95. The molecule has 0 unspecified atom stereocenters. The second kappa shape index (κ2) is 3.70. The van der Waals surface area contributed by atoms with Crippen LogP contribution in [0.1, 0.15) is 18.5 Å². The third kappa shape index (κ3) is 1.95. The molecule has 0 aliphatic carbocycles. The number of halogens is 2. The van der Waals surface area contributed by atoms with Gasteiger partial charge in [-0.1, -0.05) is 0 Å². The minimum atomic E-state index is -0.727. The van der Waals surface area contributed by atoms with Crippen molar-refractivity contribution in [3.63, 3.8) is 0 Å². The molecule has 0 fully saturated rings. The van der Waals surface area contributed by atoms with Crippen molar-refractivity contribution in [3.8, 4) is 5.75 Å². The number of benzene rings is 1. The van der Waals surface area contributed by atoms with Gasteiger partial charge in [-0.15, -0.1) is 0 Å². The van der Waals surface area contributed by atoms with Crippen LogP contribution in [0.4, 0.5) is 8.78 Å². The van der Waals surface area contributed by atoms with E-state index in [1.165, 1.54) is 19.2 Å². The van der Waals surface area contributed by atoms with Gasteiger partial charge in [0.05, 0.1) is 7.11 Å². The number of rotatable bonds is 2. The molecule has 2 nitrogen and oxygen atoms in total. The van der Waals surface area contributed by atoms with Gasteiger partial charge in [0.15, 0.2) is 17.4 Å². The summed E-state index contributed by atoms with van der Waals surface area (Å²) in [5.41, 5.74) is 5.88. The smallest absolute Gasteiger partial charge is 0.190 e. The lowest BCUT2D eigenvalue weighted by Gasteiger charge is -2.08. The molecular formula is C9H11F2NO. The molecule has 13 heavy (non-hydrogen) atoms. The highest BCUT2D eigenvalue weighted by Crippen LogP contribution is 2.24. The molecule has 1 aromatic carbocycles. The van der Waals surface area contributed by atoms with E-state index >= 15 is 0 Å². The minimum Gasteiger partial charge on any atom is -0.491 e. The highest BCUT2D eigenvalue weighted by Gasteiger charge is 2.12. The van der Waals surface area contributed by atoms with E-state index in [1.54, 1.807) is 6.92 Å². The highest BCUT2D eigenvalue weighted by atomic mass is 19.1. The van der Waals surface area contributed by atoms with Crippen LogP contribution in [0.5, 0.6) is 5.75 Å². The number of hydrogen-bond acceptors (Lipinski definition) is 2. The van der Waals surface area contributed by atoms with Crippen LogP contribution in [0.15, 0.2) is 12.1 Å². The zero-order chi connectivity index (χ0) is 10.0. The van der Waals surface area contributed by atoms with E-state index in [0.717, 1.165) is 0 Å². The molecule has 4 heteroatoms. The van der Waals surface area contributed by atoms with Gasteiger partial charge in [-0.3, -0.25) is 0 Å². The Labute approximate surface area is 75.3 Å². The predicted molar refractivity (Wildman–Crippen MR) is 45.5 cm³/mol. The Hall–Kier alpha value is -1.16. The van der Waals surface area contributed by atoms with E-state index in [-0.39, 0.29) is 5.75 Å². The summed E-state index contributed by atoms with van der Waals surface area (Å²) in [7, 11) is 1.22. The second-order valence-electron chi connectivity index (χ2n) is 2.81. The summed E-state index contributed by atoms with van der Waals surface area (Å²) in [5.74, 6) is -1.82. The van der Waals surface area contributed by atoms with Crippen molar-refractivity contribution >= 4 is 0 Å². The Kier molecular flexibility index (Phi) is 2.83. The number of methoxy groups -OCH3 is 1. The fraction of sp³-hybridized carbons (Fsp3) is 0.333. The van der Waals surface area contributed by atoms with Gasteiger partial charge in [-0.2, -0.15) is 0 Å². The van der Waals surface area contributed by atoms with Gasteiger partial charge in [0.1, 0.15) is 0 Å². The van der Waals surface area contributed by atoms with Gasteiger partial charge in [-0.25, -0.2) is 8.78 Å². The molecule has 0 bridgehead atoms. The number of nitrogens with two attached hydrogens (primary N) is 1. The van der Waals surface area contributed by atoms with E-state index in [4.69, 9.17) is 5.73 Å². The molecule has 1 rings (SSSR count). The standard InChI is InChI=1S/C9H11F2NO/c1-5(12)6-3-7(10)9(13-2)8(11)4-6/h3-5H,12H2,1-2H3/t5-/m0/s1. The first-order chi connectivity index (χ1) is 6.06. The molecule has 1 atom stereocenters. The third-order valence-electron chi connectivity index (χ3n) is 1.75. The van der Waals surface area contributed by atoms with Gasteiger partial charge in [-0.05, 0) is 24.6 Å². The van der Waals surface area contributed by atoms with Crippen molar-refractivity contribution in [2.75, 3.05) is 7.11 Å². The summed E-state index contributed by atoms with van der Waals surface area (Å²) >= 11 is 0. The Morgan fingerprint density at radius 3 is 2.08 bits per heavy atom. The molecule has 0 aliphatic rings. The van der Waals surface area contributed by atoms with Crippen LogP contribution in [0, 0.1) is 11.6 Å². The highest BCUT2D eigenvalue weighted by molar-refractivity contribution is 5.32. The fourth-order valence-corrected chi connectivity index (χ4v) is 1.04. The minimum absolute atomic E-state index is 0.371. The van der Waals surface area contributed by atoms with Crippen molar-refractivity contribution in [2.24, 2.45) is 5.73 Å². The van der Waals surface area contributed by atoms with Crippen molar-refractivity contribution in [3.05, 3.63) is 29.3 Å². The summed E-state index contributed by atoms with van der Waals surface area (Å²) in [6.07, 6.45) is 0. The largest absolute Gasteiger partial charge is 0.491 e. The molecule has 2 N–H and O–H groups in total. The summed E-state index contributed by atoms with van der Waals surface area (Å²) in [6.45, 7) is 1.65. The maximum Gasteiger partial charge on any atom is 0.190 e. The molecular weight excluding hydrogens is 176 g/mol. The van der Waals surface area contributed by atoms with Crippen molar-refractivity contribution in [1.29, 1.82) is 0 Å². The summed E-state index contributed by atoms with van der Waals surface area (Å²) < 4.78 is 30.6. The van der Waals surface area contributed by atoms with E-state index in [9.17, 15) is 8.78 Å². The van der Waals surface area contributed by atoms with E-state index in [0.29, 0.717) is 5.56 Å². The molecule has 0 radical (unpaired) electrons. The topological polar surface area (TPSA) is 35.2 Å². The maximum absolute atomic E-state index is 13.1. The zero-order valence-electron chi connectivity index (χ0n) is 7.47. The Morgan fingerprint density at radius 2 is 1.77 bits per heavy atom. The molecule has 0 saturated heterocycles. The predicted octanol–water partition coefficient (Wildman–Crippen LogP) is 1.99. The molecule has 0 spiro atoms. The molecule has 0 aromatic heterocycles. The van der Waals surface area contributed by atoms with Crippen LogP contribution in [-0.4, -0.2) is 7.11 Å². The van der Waals surface area contributed by atoms with Gasteiger partial charge < -0.3 is 10.5 Å². The van der Waals surface area contributed by atoms with Gasteiger partial charge in [0.2, 0.25) is 0 Å². The van der Waals surface area contributed by atoms with Crippen molar-refractivity contribution < 1.29 is 13.5 Å². The molecule has 72 valence electrons.